The molecule has 0 spiro atoms. The van der Waals surface area contributed by atoms with Crippen molar-refractivity contribution in [1.82, 2.24) is 10.6 Å². The number of rotatable bonds is 8. The summed E-state index contributed by atoms with van der Waals surface area (Å²) in [6.45, 7) is 0.476. The molecule has 0 aromatic heterocycles. The summed E-state index contributed by atoms with van der Waals surface area (Å²) in [5.41, 5.74) is 9.95. The van der Waals surface area contributed by atoms with Crippen molar-refractivity contribution in [1.29, 1.82) is 10.8 Å². The SMILES string of the molecule is N=C(N)NC(=N)NCc1ccc(-c2ccc(C[PH](c3ccccc3)(c3ccccc3)c3ccccc3)cc2)cc1. The average Bonchev–Trinajstić information content (AvgIpc) is 3.00. The van der Waals surface area contributed by atoms with Gasteiger partial charge in [0.2, 0.25) is 0 Å². The fourth-order valence-corrected chi connectivity index (χ4v) is 10.0. The molecule has 200 valence electrons. The van der Waals surface area contributed by atoms with E-state index in [0.29, 0.717) is 6.54 Å². The number of nitrogens with one attached hydrogen (secondary N) is 4. The average molecular weight is 544 g/mol. The fraction of sp³-hybridized carbons (Fsp3) is 0.0588. The van der Waals surface area contributed by atoms with Crippen LogP contribution in [0.5, 0.6) is 0 Å². The Morgan fingerprint density at radius 3 is 1.35 bits per heavy atom. The quantitative estimate of drug-likeness (QED) is 0.107. The van der Waals surface area contributed by atoms with Gasteiger partial charge in [0.25, 0.3) is 0 Å². The first-order chi connectivity index (χ1) is 19.5. The van der Waals surface area contributed by atoms with Crippen molar-refractivity contribution in [3.8, 4) is 11.1 Å². The molecule has 0 aliphatic carbocycles. The van der Waals surface area contributed by atoms with Crippen molar-refractivity contribution in [3.63, 3.8) is 0 Å². The van der Waals surface area contributed by atoms with Crippen LogP contribution in [0.4, 0.5) is 0 Å². The van der Waals surface area contributed by atoms with Crippen molar-refractivity contribution in [2.24, 2.45) is 5.73 Å². The summed E-state index contributed by atoms with van der Waals surface area (Å²) in [5.74, 6) is -0.249. The summed E-state index contributed by atoms with van der Waals surface area (Å²) in [4.78, 5) is 0. The van der Waals surface area contributed by atoms with Crippen LogP contribution in [0.25, 0.3) is 11.1 Å². The number of guanidine groups is 2. The first-order valence-corrected chi connectivity index (χ1v) is 15.5. The van der Waals surface area contributed by atoms with Crippen LogP contribution in [0.15, 0.2) is 140 Å². The summed E-state index contributed by atoms with van der Waals surface area (Å²) >= 11 is 0. The van der Waals surface area contributed by atoms with Crippen LogP contribution in [-0.2, 0) is 12.7 Å². The van der Waals surface area contributed by atoms with Gasteiger partial charge in [-0.15, -0.1) is 0 Å². The number of benzene rings is 5. The Bertz CT molecular complexity index is 1460. The zero-order valence-electron chi connectivity index (χ0n) is 22.3. The van der Waals surface area contributed by atoms with Crippen LogP contribution in [0.3, 0.4) is 0 Å². The van der Waals surface area contributed by atoms with Crippen molar-refractivity contribution in [3.05, 3.63) is 151 Å². The van der Waals surface area contributed by atoms with Crippen LogP contribution in [0.2, 0.25) is 0 Å². The second-order valence-corrected chi connectivity index (χ2v) is 13.7. The van der Waals surface area contributed by atoms with Gasteiger partial charge in [-0.2, -0.15) is 0 Å². The zero-order valence-corrected chi connectivity index (χ0v) is 23.3. The van der Waals surface area contributed by atoms with Gasteiger partial charge >= 0.3 is 209 Å². The molecule has 5 aromatic rings. The molecular formula is C34H34N5P. The predicted molar refractivity (Wildman–Crippen MR) is 172 cm³/mol. The van der Waals surface area contributed by atoms with Crippen LogP contribution >= 0.6 is 7.26 Å². The standard InChI is InChI=1S/C34H34N5P/c35-33(36)39-34(37)38-24-26-16-20-28(21-17-26)29-22-18-27(19-23-29)25-40(30-10-4-1-5-11-30,31-12-6-2-7-13-31)32-14-8-3-9-15-32/h1-23,40H,24-25H2,(H6,35,36,37,38,39). The van der Waals surface area contributed by atoms with E-state index in [-0.39, 0.29) is 11.9 Å². The van der Waals surface area contributed by atoms with Crippen molar-refractivity contribution in [2.45, 2.75) is 12.7 Å². The Morgan fingerprint density at radius 1 is 0.550 bits per heavy atom. The molecule has 0 radical (unpaired) electrons. The summed E-state index contributed by atoms with van der Waals surface area (Å²) < 4.78 is 0. The summed E-state index contributed by atoms with van der Waals surface area (Å²) in [6.07, 6.45) is 0.968. The Hall–Kier alpha value is -4.73. The summed E-state index contributed by atoms with van der Waals surface area (Å²) in [6, 6.07) is 50.4. The molecule has 0 atom stereocenters. The number of hydrogen-bond acceptors (Lipinski definition) is 2. The first kappa shape index (κ1) is 26.9. The van der Waals surface area contributed by atoms with E-state index < -0.39 is 7.26 Å². The molecule has 0 aliphatic rings. The maximum atomic E-state index is 7.75. The zero-order chi connectivity index (χ0) is 27.8. The molecule has 5 aromatic carbocycles. The monoisotopic (exact) mass is 543 g/mol. The molecule has 6 heteroatoms. The van der Waals surface area contributed by atoms with Crippen LogP contribution in [-0.4, -0.2) is 11.9 Å². The maximum absolute atomic E-state index is 7.75. The molecule has 0 heterocycles. The van der Waals surface area contributed by atoms with E-state index in [1.165, 1.54) is 27.0 Å². The first-order valence-electron chi connectivity index (χ1n) is 13.3. The van der Waals surface area contributed by atoms with Gasteiger partial charge in [0.05, 0.1) is 0 Å². The molecule has 40 heavy (non-hydrogen) atoms. The molecular weight excluding hydrogens is 509 g/mol. The van der Waals surface area contributed by atoms with E-state index in [1.54, 1.807) is 0 Å². The van der Waals surface area contributed by atoms with Crippen LogP contribution < -0.4 is 32.3 Å². The summed E-state index contributed by atoms with van der Waals surface area (Å²) in [7, 11) is -2.35. The van der Waals surface area contributed by atoms with Gasteiger partial charge in [0.15, 0.2) is 5.96 Å². The molecule has 0 saturated carbocycles. The van der Waals surface area contributed by atoms with Crippen molar-refractivity contribution in [2.75, 3.05) is 0 Å². The van der Waals surface area contributed by atoms with Gasteiger partial charge in [-0.1, -0.05) is 0 Å². The van der Waals surface area contributed by atoms with E-state index in [1.807, 2.05) is 0 Å². The minimum absolute atomic E-state index is 0.00768. The Morgan fingerprint density at radius 2 is 0.950 bits per heavy atom. The van der Waals surface area contributed by atoms with Gasteiger partial charge in [-0.3, -0.25) is 16.1 Å². The van der Waals surface area contributed by atoms with Gasteiger partial charge < -0.3 is 5.73 Å². The van der Waals surface area contributed by atoms with Crippen molar-refractivity contribution < 1.29 is 0 Å². The summed E-state index contributed by atoms with van der Waals surface area (Å²) in [5, 5.41) is 24.5. The van der Waals surface area contributed by atoms with Crippen LogP contribution in [0.1, 0.15) is 11.1 Å². The minimum atomic E-state index is -2.35. The van der Waals surface area contributed by atoms with Crippen molar-refractivity contribution >= 4 is 35.1 Å². The normalized spacial score (nSPS) is 11.4. The third-order valence-electron chi connectivity index (χ3n) is 7.24. The predicted octanol–water partition coefficient (Wildman–Crippen LogP) is 5.09. The van der Waals surface area contributed by atoms with Gasteiger partial charge in [-0.05, 0) is 0 Å². The second-order valence-electron chi connectivity index (χ2n) is 9.84. The molecule has 0 bridgehead atoms. The van der Waals surface area contributed by atoms with E-state index >= 15 is 0 Å². The number of nitrogens with two attached hydrogens (primary N) is 1. The van der Waals surface area contributed by atoms with Gasteiger partial charge in [-0.25, -0.2) is 0 Å². The van der Waals surface area contributed by atoms with E-state index in [0.717, 1.165) is 17.3 Å². The fourth-order valence-electron chi connectivity index (χ4n) is 5.28. The molecule has 0 fully saturated rings. The Balaban J connectivity index is 1.42. The van der Waals surface area contributed by atoms with E-state index in [9.17, 15) is 0 Å². The topological polar surface area (TPSA) is 97.8 Å². The van der Waals surface area contributed by atoms with E-state index in [4.69, 9.17) is 16.6 Å². The molecule has 0 amide bonds. The van der Waals surface area contributed by atoms with Crippen LogP contribution in [0, 0.1) is 10.8 Å². The Labute approximate surface area is 236 Å². The molecule has 5 nitrogen and oxygen atoms in total. The molecule has 0 aliphatic heterocycles. The third-order valence-corrected chi connectivity index (χ3v) is 12.1. The molecule has 0 saturated heterocycles. The molecule has 5 rings (SSSR count). The number of hydrogen-bond donors (Lipinski definition) is 5. The van der Waals surface area contributed by atoms with Gasteiger partial charge in [0.1, 0.15) is 0 Å². The molecule has 6 N–H and O–H groups in total. The Kier molecular flexibility index (Phi) is 8.34. The van der Waals surface area contributed by atoms with E-state index in [2.05, 4.69) is 150 Å². The third kappa shape index (κ3) is 6.12. The second kappa shape index (κ2) is 12.4. The van der Waals surface area contributed by atoms with Gasteiger partial charge in [0, 0.05) is 0 Å². The molecule has 0 unspecified atom stereocenters.